The average molecular weight is 404 g/mol. The van der Waals surface area contributed by atoms with Crippen molar-refractivity contribution in [3.8, 4) is 0 Å². The second-order valence-electron chi connectivity index (χ2n) is 6.68. The van der Waals surface area contributed by atoms with Gasteiger partial charge in [0.1, 0.15) is 0 Å². The van der Waals surface area contributed by atoms with E-state index in [2.05, 4.69) is 46.5 Å². The van der Waals surface area contributed by atoms with Crippen molar-refractivity contribution >= 4 is 34.2 Å². The van der Waals surface area contributed by atoms with Crippen molar-refractivity contribution in [2.45, 2.75) is 39.5 Å². The van der Waals surface area contributed by atoms with Crippen molar-refractivity contribution in [1.29, 1.82) is 0 Å². The topological polar surface area (TPSA) is 41.1 Å². The van der Waals surface area contributed by atoms with E-state index in [4.69, 9.17) is 0 Å². The Labute approximate surface area is 154 Å². The molecule has 3 nitrogen and oxygen atoms in total. The SMILES string of the molecule is CCC(Cc1ccccc1Br)C(=O)NCC1(C)CCNCC1.Cl. The molecule has 0 aliphatic carbocycles. The van der Waals surface area contributed by atoms with E-state index in [-0.39, 0.29) is 29.6 Å². The quantitative estimate of drug-likeness (QED) is 0.755. The third-order valence-electron chi connectivity index (χ3n) is 4.79. The van der Waals surface area contributed by atoms with Crippen LogP contribution < -0.4 is 10.6 Å². The summed E-state index contributed by atoms with van der Waals surface area (Å²) in [6.45, 7) is 7.28. The molecule has 1 amide bonds. The van der Waals surface area contributed by atoms with E-state index in [1.807, 2.05) is 18.2 Å². The monoisotopic (exact) mass is 402 g/mol. The molecule has 1 unspecified atom stereocenters. The Morgan fingerprint density at radius 2 is 2.00 bits per heavy atom. The third-order valence-corrected chi connectivity index (χ3v) is 5.56. The first-order valence-electron chi connectivity index (χ1n) is 8.26. The Hall–Kier alpha value is -0.580. The number of hydrogen-bond acceptors (Lipinski definition) is 2. The lowest BCUT2D eigenvalue weighted by atomic mass is 9.81. The molecule has 0 radical (unpaired) electrons. The van der Waals surface area contributed by atoms with Crippen LogP contribution in [0.2, 0.25) is 0 Å². The molecule has 2 N–H and O–H groups in total. The van der Waals surface area contributed by atoms with Crippen LogP contribution in [-0.2, 0) is 11.2 Å². The minimum atomic E-state index is 0. The number of hydrogen-bond donors (Lipinski definition) is 2. The second kappa shape index (κ2) is 9.65. The largest absolute Gasteiger partial charge is 0.355 e. The van der Waals surface area contributed by atoms with Crippen LogP contribution in [0.25, 0.3) is 0 Å². The smallest absolute Gasteiger partial charge is 0.223 e. The normalized spacial score (nSPS) is 17.9. The van der Waals surface area contributed by atoms with Gasteiger partial charge in [0.25, 0.3) is 0 Å². The van der Waals surface area contributed by atoms with Crippen molar-refractivity contribution in [3.63, 3.8) is 0 Å². The third kappa shape index (κ3) is 6.09. The predicted molar refractivity (Wildman–Crippen MR) is 102 cm³/mol. The molecule has 0 aromatic heterocycles. The minimum Gasteiger partial charge on any atom is -0.355 e. The number of piperidine rings is 1. The summed E-state index contributed by atoms with van der Waals surface area (Å²) in [5.41, 5.74) is 1.45. The summed E-state index contributed by atoms with van der Waals surface area (Å²) in [5, 5.41) is 6.58. The highest BCUT2D eigenvalue weighted by Gasteiger charge is 2.28. The Bertz CT molecular complexity index is 504. The standard InChI is InChI=1S/C18H27BrN2O.ClH/c1-3-14(12-15-6-4-5-7-16(15)19)17(22)21-13-18(2)8-10-20-11-9-18;/h4-7,14,20H,3,8-13H2,1-2H3,(H,21,22);1H. The van der Waals surface area contributed by atoms with Gasteiger partial charge in [-0.15, -0.1) is 12.4 Å². The number of amides is 1. The Kier molecular flexibility index (Phi) is 8.59. The molecule has 23 heavy (non-hydrogen) atoms. The van der Waals surface area contributed by atoms with E-state index in [0.29, 0.717) is 0 Å². The zero-order valence-corrected chi connectivity index (χ0v) is 16.4. The maximum atomic E-state index is 12.5. The summed E-state index contributed by atoms with van der Waals surface area (Å²) in [7, 11) is 0. The van der Waals surface area contributed by atoms with Gasteiger partial charge in [-0.05, 0) is 55.8 Å². The zero-order chi connectivity index (χ0) is 16.0. The van der Waals surface area contributed by atoms with Crippen LogP contribution in [0.4, 0.5) is 0 Å². The van der Waals surface area contributed by atoms with Crippen LogP contribution in [-0.4, -0.2) is 25.5 Å². The van der Waals surface area contributed by atoms with Crippen molar-refractivity contribution in [1.82, 2.24) is 10.6 Å². The maximum Gasteiger partial charge on any atom is 0.223 e. The van der Waals surface area contributed by atoms with Gasteiger partial charge in [0.2, 0.25) is 5.91 Å². The van der Waals surface area contributed by atoms with E-state index in [1.54, 1.807) is 0 Å². The van der Waals surface area contributed by atoms with Gasteiger partial charge in [-0.3, -0.25) is 4.79 Å². The number of nitrogens with one attached hydrogen (secondary N) is 2. The number of carbonyl (C=O) groups excluding carboxylic acids is 1. The lowest BCUT2D eigenvalue weighted by molar-refractivity contribution is -0.125. The van der Waals surface area contributed by atoms with Gasteiger partial charge in [-0.1, -0.05) is 48.0 Å². The number of halogens is 2. The molecule has 1 aliphatic heterocycles. The van der Waals surface area contributed by atoms with Crippen LogP contribution in [0.15, 0.2) is 28.7 Å². The summed E-state index contributed by atoms with van der Waals surface area (Å²) in [4.78, 5) is 12.5. The molecule has 1 saturated heterocycles. The Balaban J connectivity index is 0.00000264. The summed E-state index contributed by atoms with van der Waals surface area (Å²) >= 11 is 3.57. The van der Waals surface area contributed by atoms with Gasteiger partial charge in [-0.2, -0.15) is 0 Å². The average Bonchev–Trinajstić information content (AvgIpc) is 2.53. The van der Waals surface area contributed by atoms with Gasteiger partial charge in [0, 0.05) is 16.9 Å². The maximum absolute atomic E-state index is 12.5. The first-order chi connectivity index (χ1) is 10.5. The van der Waals surface area contributed by atoms with Crippen molar-refractivity contribution in [2.75, 3.05) is 19.6 Å². The summed E-state index contributed by atoms with van der Waals surface area (Å²) in [5.74, 6) is 0.238. The van der Waals surface area contributed by atoms with Gasteiger partial charge in [-0.25, -0.2) is 0 Å². The fourth-order valence-electron chi connectivity index (χ4n) is 3.00. The second-order valence-corrected chi connectivity index (χ2v) is 7.53. The number of benzene rings is 1. The predicted octanol–water partition coefficient (Wildman–Crippen LogP) is 3.95. The molecule has 0 saturated carbocycles. The molecule has 2 rings (SSSR count). The first kappa shape index (κ1) is 20.5. The zero-order valence-electron chi connectivity index (χ0n) is 14.0. The van der Waals surface area contributed by atoms with Crippen LogP contribution in [0.1, 0.15) is 38.7 Å². The lowest BCUT2D eigenvalue weighted by Gasteiger charge is -2.34. The van der Waals surface area contributed by atoms with E-state index in [1.165, 1.54) is 5.56 Å². The summed E-state index contributed by atoms with van der Waals surface area (Å²) in [6.07, 6.45) is 3.93. The van der Waals surface area contributed by atoms with Crippen molar-refractivity contribution < 1.29 is 4.79 Å². The fourth-order valence-corrected chi connectivity index (χ4v) is 3.45. The van der Waals surface area contributed by atoms with Crippen molar-refractivity contribution in [3.05, 3.63) is 34.3 Å². The van der Waals surface area contributed by atoms with E-state index in [9.17, 15) is 4.79 Å². The van der Waals surface area contributed by atoms with Gasteiger partial charge < -0.3 is 10.6 Å². The van der Waals surface area contributed by atoms with E-state index < -0.39 is 0 Å². The van der Waals surface area contributed by atoms with Crippen LogP contribution in [0.3, 0.4) is 0 Å². The molecule has 130 valence electrons. The first-order valence-corrected chi connectivity index (χ1v) is 9.05. The van der Waals surface area contributed by atoms with E-state index >= 15 is 0 Å². The molecule has 0 bridgehead atoms. The lowest BCUT2D eigenvalue weighted by Crippen LogP contribution is -2.44. The van der Waals surface area contributed by atoms with Gasteiger partial charge in [0.05, 0.1) is 0 Å². The molecule has 1 aromatic carbocycles. The van der Waals surface area contributed by atoms with Crippen LogP contribution >= 0.6 is 28.3 Å². The summed E-state index contributed by atoms with van der Waals surface area (Å²) in [6, 6.07) is 8.16. The van der Waals surface area contributed by atoms with E-state index in [0.717, 1.165) is 49.8 Å². The molecular weight excluding hydrogens is 376 g/mol. The number of carbonyl (C=O) groups is 1. The Morgan fingerprint density at radius 1 is 1.35 bits per heavy atom. The van der Waals surface area contributed by atoms with Crippen LogP contribution in [0.5, 0.6) is 0 Å². The molecule has 5 heteroatoms. The van der Waals surface area contributed by atoms with Crippen LogP contribution in [0, 0.1) is 11.3 Å². The molecular formula is C18H28BrClN2O. The van der Waals surface area contributed by atoms with Gasteiger partial charge >= 0.3 is 0 Å². The molecule has 0 spiro atoms. The number of rotatable bonds is 6. The molecule has 1 atom stereocenters. The Morgan fingerprint density at radius 3 is 2.61 bits per heavy atom. The molecule has 1 aliphatic rings. The van der Waals surface area contributed by atoms with Gasteiger partial charge in [0.15, 0.2) is 0 Å². The molecule has 1 fully saturated rings. The summed E-state index contributed by atoms with van der Waals surface area (Å²) < 4.78 is 1.09. The fraction of sp³-hybridized carbons (Fsp3) is 0.611. The molecule has 1 heterocycles. The highest BCUT2D eigenvalue weighted by atomic mass is 79.9. The highest BCUT2D eigenvalue weighted by Crippen LogP contribution is 2.27. The minimum absolute atomic E-state index is 0. The van der Waals surface area contributed by atoms with Crippen molar-refractivity contribution in [2.24, 2.45) is 11.3 Å². The highest BCUT2D eigenvalue weighted by molar-refractivity contribution is 9.10. The molecule has 1 aromatic rings.